The summed E-state index contributed by atoms with van der Waals surface area (Å²) < 4.78 is 1.93. The highest BCUT2D eigenvalue weighted by Crippen LogP contribution is 2.28. The zero-order valence-electron chi connectivity index (χ0n) is 14.3. The molecule has 0 aromatic carbocycles. The normalized spacial score (nSPS) is 21.4. The van der Waals surface area contributed by atoms with Gasteiger partial charge in [0, 0.05) is 37.4 Å². The van der Waals surface area contributed by atoms with E-state index in [0.29, 0.717) is 12.6 Å². The minimum absolute atomic E-state index is 0.0634. The molecule has 2 N–H and O–H groups in total. The molecule has 0 spiro atoms. The molecule has 6 heteroatoms. The van der Waals surface area contributed by atoms with Crippen LogP contribution in [0, 0.1) is 0 Å². The van der Waals surface area contributed by atoms with Crippen molar-refractivity contribution >= 4 is 6.03 Å². The third kappa shape index (κ3) is 3.86. The van der Waals surface area contributed by atoms with Gasteiger partial charge in [-0.2, -0.15) is 5.10 Å². The van der Waals surface area contributed by atoms with Crippen molar-refractivity contribution in [3.05, 3.63) is 17.5 Å². The Morgan fingerprint density at radius 1 is 1.35 bits per heavy atom. The Morgan fingerprint density at radius 2 is 2.13 bits per heavy atom. The van der Waals surface area contributed by atoms with Crippen LogP contribution in [0.15, 0.2) is 6.20 Å². The number of nitrogens with one attached hydrogen (secondary N) is 2. The number of carbonyl (C=O) groups excluding carboxylic acids is 1. The first-order valence-electron chi connectivity index (χ1n) is 8.90. The van der Waals surface area contributed by atoms with Gasteiger partial charge in [-0.25, -0.2) is 4.79 Å². The van der Waals surface area contributed by atoms with Crippen LogP contribution in [0.2, 0.25) is 0 Å². The van der Waals surface area contributed by atoms with Gasteiger partial charge in [0.15, 0.2) is 0 Å². The lowest BCUT2D eigenvalue weighted by Crippen LogP contribution is -2.43. The van der Waals surface area contributed by atoms with Crippen LogP contribution >= 0.6 is 0 Å². The smallest absolute Gasteiger partial charge is 0.315 e. The molecule has 0 radical (unpaired) electrons. The van der Waals surface area contributed by atoms with Crippen molar-refractivity contribution < 1.29 is 4.79 Å². The van der Waals surface area contributed by atoms with Gasteiger partial charge in [-0.15, -0.1) is 0 Å². The van der Waals surface area contributed by atoms with E-state index in [2.05, 4.69) is 27.7 Å². The van der Waals surface area contributed by atoms with Crippen molar-refractivity contribution in [2.24, 2.45) is 7.05 Å². The minimum Gasteiger partial charge on any atom is -0.337 e. The number of aromatic nitrogens is 2. The second kappa shape index (κ2) is 7.34. The molecule has 2 amide bonds. The minimum atomic E-state index is -0.0634. The molecule has 0 saturated heterocycles. The Morgan fingerprint density at radius 3 is 2.91 bits per heavy atom. The Bertz CT molecular complexity index is 535. The predicted octanol–water partition coefficient (Wildman–Crippen LogP) is 1.97. The first-order chi connectivity index (χ1) is 11.1. The molecule has 1 fully saturated rings. The Kier molecular flexibility index (Phi) is 5.20. The van der Waals surface area contributed by atoms with Gasteiger partial charge in [-0.1, -0.05) is 12.8 Å². The summed E-state index contributed by atoms with van der Waals surface area (Å²) in [6, 6.07) is 0.739. The van der Waals surface area contributed by atoms with Gasteiger partial charge in [0.2, 0.25) is 0 Å². The average Bonchev–Trinajstić information content (AvgIpc) is 3.18. The van der Waals surface area contributed by atoms with E-state index in [1.165, 1.54) is 36.9 Å². The van der Waals surface area contributed by atoms with Gasteiger partial charge >= 0.3 is 6.03 Å². The number of rotatable bonds is 5. The van der Waals surface area contributed by atoms with Crippen molar-refractivity contribution in [1.29, 1.82) is 0 Å². The van der Waals surface area contributed by atoms with Crippen LogP contribution in [0.5, 0.6) is 0 Å². The Hall–Kier alpha value is -1.56. The van der Waals surface area contributed by atoms with Crippen molar-refractivity contribution in [3.8, 4) is 0 Å². The summed E-state index contributed by atoms with van der Waals surface area (Å²) in [4.78, 5) is 14.5. The number of carbonyl (C=O) groups is 1. The second-order valence-corrected chi connectivity index (χ2v) is 6.93. The fourth-order valence-electron chi connectivity index (χ4n) is 3.94. The van der Waals surface area contributed by atoms with Crippen LogP contribution in [0.25, 0.3) is 0 Å². The van der Waals surface area contributed by atoms with Crippen molar-refractivity contribution in [2.45, 2.75) is 57.0 Å². The lowest BCUT2D eigenvalue weighted by molar-refractivity contribution is 0.224. The van der Waals surface area contributed by atoms with E-state index in [9.17, 15) is 4.79 Å². The van der Waals surface area contributed by atoms with Gasteiger partial charge in [0.05, 0.1) is 12.2 Å². The number of amides is 2. The van der Waals surface area contributed by atoms with Gasteiger partial charge in [0.25, 0.3) is 0 Å². The molecule has 2 aliphatic rings. The van der Waals surface area contributed by atoms with Crippen LogP contribution in [-0.2, 0) is 13.5 Å². The van der Waals surface area contributed by atoms with E-state index >= 15 is 0 Å². The molecule has 0 unspecified atom stereocenters. The van der Waals surface area contributed by atoms with E-state index in [4.69, 9.17) is 0 Å². The maximum Gasteiger partial charge on any atom is 0.315 e. The molecular formula is C17H29N5O. The van der Waals surface area contributed by atoms with E-state index in [-0.39, 0.29) is 12.1 Å². The molecule has 23 heavy (non-hydrogen) atoms. The first kappa shape index (κ1) is 16.3. The van der Waals surface area contributed by atoms with Gasteiger partial charge in [0.1, 0.15) is 0 Å². The van der Waals surface area contributed by atoms with Crippen molar-refractivity contribution in [1.82, 2.24) is 25.3 Å². The number of urea groups is 1. The number of fused-ring (bicyclic) bond motifs is 1. The summed E-state index contributed by atoms with van der Waals surface area (Å²) in [5, 5.41) is 10.4. The molecule has 2 aliphatic carbocycles. The summed E-state index contributed by atoms with van der Waals surface area (Å²) in [6.07, 6.45) is 10.3. The lowest BCUT2D eigenvalue weighted by atomic mass is 9.93. The van der Waals surface area contributed by atoms with Crippen LogP contribution in [0.1, 0.15) is 55.8 Å². The molecular weight excluding hydrogens is 290 g/mol. The molecule has 6 nitrogen and oxygen atoms in total. The SMILES string of the molecule is CN(CCNC(=O)N[C@H]1CCCc2c1cnn2C)C1CCCC1. The maximum atomic E-state index is 12.2. The number of likely N-dealkylation sites (N-methyl/N-ethyl adjacent to an activating group) is 1. The summed E-state index contributed by atoms with van der Waals surface area (Å²) in [5.41, 5.74) is 2.43. The van der Waals surface area contributed by atoms with Crippen molar-refractivity contribution in [2.75, 3.05) is 20.1 Å². The van der Waals surface area contributed by atoms with Crippen LogP contribution in [0.3, 0.4) is 0 Å². The summed E-state index contributed by atoms with van der Waals surface area (Å²) in [5.74, 6) is 0. The molecule has 1 aromatic heterocycles. The highest BCUT2D eigenvalue weighted by Gasteiger charge is 2.24. The van der Waals surface area contributed by atoms with Crippen molar-refractivity contribution in [3.63, 3.8) is 0 Å². The Balaban J connectivity index is 1.43. The maximum absolute atomic E-state index is 12.2. The second-order valence-electron chi connectivity index (χ2n) is 6.93. The topological polar surface area (TPSA) is 62.2 Å². The molecule has 0 aliphatic heterocycles. The van der Waals surface area contributed by atoms with Crippen LogP contribution in [-0.4, -0.2) is 46.9 Å². The predicted molar refractivity (Wildman–Crippen MR) is 90.3 cm³/mol. The molecule has 3 rings (SSSR count). The van der Waals surface area contributed by atoms with E-state index < -0.39 is 0 Å². The fraction of sp³-hybridized carbons (Fsp3) is 0.765. The molecule has 1 heterocycles. The number of nitrogens with zero attached hydrogens (tertiary/aromatic N) is 3. The summed E-state index contributed by atoms with van der Waals surface area (Å²) in [7, 11) is 4.14. The summed E-state index contributed by atoms with van der Waals surface area (Å²) in [6.45, 7) is 1.62. The summed E-state index contributed by atoms with van der Waals surface area (Å²) >= 11 is 0. The monoisotopic (exact) mass is 319 g/mol. The molecule has 128 valence electrons. The third-order valence-corrected chi connectivity index (χ3v) is 5.38. The largest absolute Gasteiger partial charge is 0.337 e. The first-order valence-corrected chi connectivity index (χ1v) is 8.90. The van der Waals surface area contributed by atoms with Crippen LogP contribution in [0.4, 0.5) is 4.79 Å². The van der Waals surface area contributed by atoms with Gasteiger partial charge in [-0.3, -0.25) is 4.68 Å². The standard InChI is InChI=1S/C17H29N5O/c1-21(13-6-3-4-7-13)11-10-18-17(23)20-15-8-5-9-16-14(15)12-19-22(16)2/h12-13,15H,3-11H2,1-2H3,(H2,18,20,23)/t15-/m0/s1. The molecule has 1 aromatic rings. The molecule has 0 bridgehead atoms. The zero-order chi connectivity index (χ0) is 16.2. The van der Waals surface area contributed by atoms with E-state index in [1.54, 1.807) is 0 Å². The van der Waals surface area contributed by atoms with Gasteiger partial charge in [-0.05, 0) is 39.2 Å². The zero-order valence-corrected chi connectivity index (χ0v) is 14.3. The number of hydrogen-bond donors (Lipinski definition) is 2. The molecule has 1 saturated carbocycles. The molecule has 1 atom stereocenters. The number of aryl methyl sites for hydroxylation is 1. The fourth-order valence-corrected chi connectivity index (χ4v) is 3.94. The number of hydrogen-bond acceptors (Lipinski definition) is 3. The van der Waals surface area contributed by atoms with Crippen LogP contribution < -0.4 is 10.6 Å². The van der Waals surface area contributed by atoms with E-state index in [1.807, 2.05) is 17.9 Å². The van der Waals surface area contributed by atoms with Gasteiger partial charge < -0.3 is 15.5 Å². The highest BCUT2D eigenvalue weighted by molar-refractivity contribution is 5.74. The lowest BCUT2D eigenvalue weighted by Gasteiger charge is -2.25. The quantitative estimate of drug-likeness (QED) is 0.872. The average molecular weight is 319 g/mol. The Labute approximate surface area is 138 Å². The third-order valence-electron chi connectivity index (χ3n) is 5.38. The highest BCUT2D eigenvalue weighted by atomic mass is 16.2. The van der Waals surface area contributed by atoms with E-state index in [0.717, 1.165) is 25.8 Å².